The van der Waals surface area contributed by atoms with Gasteiger partial charge in [-0.3, -0.25) is 9.20 Å². The lowest BCUT2D eigenvalue weighted by Gasteiger charge is -2.03. The summed E-state index contributed by atoms with van der Waals surface area (Å²) < 4.78 is 1.24. The highest BCUT2D eigenvalue weighted by atomic mass is 16.4. The summed E-state index contributed by atoms with van der Waals surface area (Å²) >= 11 is 0. The molecule has 1 N–H and O–H groups in total. The number of carboxylic acid groups (broad SMARTS) is 1. The molecule has 0 aliphatic heterocycles. The third kappa shape index (κ3) is 1.56. The maximum atomic E-state index is 11.7. The molecule has 0 fully saturated rings. The normalized spacial score (nSPS) is 10.6. The zero-order chi connectivity index (χ0) is 11.7. The monoisotopic (exact) mass is 218 g/mol. The van der Waals surface area contributed by atoms with E-state index in [0.717, 1.165) is 18.2 Å². The standard InChI is InChI=1S/C11H10N2O3/c1-2-7-3-4-13-9(5-7)12-6-8(10(13)14)11(15)16/h3-6H,2H2,1H3,(H,15,16). The van der Waals surface area contributed by atoms with Gasteiger partial charge in [-0.05, 0) is 24.1 Å². The van der Waals surface area contributed by atoms with E-state index in [2.05, 4.69) is 4.98 Å². The molecule has 0 aliphatic carbocycles. The van der Waals surface area contributed by atoms with Crippen LogP contribution in [0, 0.1) is 0 Å². The quantitative estimate of drug-likeness (QED) is 0.814. The van der Waals surface area contributed by atoms with E-state index >= 15 is 0 Å². The lowest BCUT2D eigenvalue weighted by atomic mass is 10.2. The number of pyridine rings is 1. The summed E-state index contributed by atoms with van der Waals surface area (Å²) in [5.41, 5.74) is 0.645. The van der Waals surface area contributed by atoms with Gasteiger partial charge in [0.1, 0.15) is 11.2 Å². The Kier molecular flexibility index (Phi) is 2.44. The van der Waals surface area contributed by atoms with Gasteiger partial charge in [-0.15, -0.1) is 0 Å². The maximum Gasteiger partial charge on any atom is 0.342 e. The molecule has 0 saturated carbocycles. The molecule has 0 aromatic carbocycles. The second-order valence-corrected chi connectivity index (χ2v) is 3.40. The van der Waals surface area contributed by atoms with Gasteiger partial charge in [-0.2, -0.15) is 0 Å². The van der Waals surface area contributed by atoms with Crippen LogP contribution in [0.1, 0.15) is 22.8 Å². The number of aromatic nitrogens is 2. The van der Waals surface area contributed by atoms with E-state index in [1.165, 1.54) is 4.40 Å². The number of aromatic carboxylic acids is 1. The Morgan fingerprint density at radius 2 is 2.31 bits per heavy atom. The van der Waals surface area contributed by atoms with Gasteiger partial charge in [0.2, 0.25) is 0 Å². The van der Waals surface area contributed by atoms with Gasteiger partial charge in [0.25, 0.3) is 5.56 Å². The van der Waals surface area contributed by atoms with Gasteiger partial charge in [-0.25, -0.2) is 9.78 Å². The number of rotatable bonds is 2. The van der Waals surface area contributed by atoms with E-state index in [1.807, 2.05) is 6.92 Å². The fourth-order valence-corrected chi connectivity index (χ4v) is 1.48. The third-order valence-electron chi connectivity index (χ3n) is 2.41. The van der Waals surface area contributed by atoms with Crippen LogP contribution in [0.15, 0.2) is 29.3 Å². The molecule has 2 aromatic rings. The van der Waals surface area contributed by atoms with Crippen LogP contribution in [0.3, 0.4) is 0 Å². The molecule has 0 unspecified atom stereocenters. The summed E-state index contributed by atoms with van der Waals surface area (Å²) in [6.07, 6.45) is 3.49. The van der Waals surface area contributed by atoms with E-state index in [0.29, 0.717) is 5.65 Å². The first-order chi connectivity index (χ1) is 7.63. The molecule has 2 rings (SSSR count). The number of hydrogen-bond acceptors (Lipinski definition) is 3. The van der Waals surface area contributed by atoms with Crippen molar-refractivity contribution in [1.29, 1.82) is 0 Å². The first kappa shape index (κ1) is 10.4. The Balaban J connectivity index is 2.77. The van der Waals surface area contributed by atoms with Crippen molar-refractivity contribution in [3.63, 3.8) is 0 Å². The number of carbonyl (C=O) groups is 1. The van der Waals surface area contributed by atoms with Crippen molar-refractivity contribution in [2.75, 3.05) is 0 Å². The highest BCUT2D eigenvalue weighted by Gasteiger charge is 2.11. The Labute approximate surface area is 91.0 Å². The first-order valence-corrected chi connectivity index (χ1v) is 4.87. The number of fused-ring (bicyclic) bond motifs is 1. The van der Waals surface area contributed by atoms with Crippen molar-refractivity contribution in [2.24, 2.45) is 0 Å². The van der Waals surface area contributed by atoms with Gasteiger partial charge in [-0.1, -0.05) is 6.92 Å². The van der Waals surface area contributed by atoms with E-state index in [1.54, 1.807) is 18.3 Å². The highest BCUT2D eigenvalue weighted by Crippen LogP contribution is 2.04. The molecule has 0 bridgehead atoms. The Morgan fingerprint density at radius 3 is 2.94 bits per heavy atom. The van der Waals surface area contributed by atoms with Gasteiger partial charge < -0.3 is 5.11 Å². The number of hydrogen-bond donors (Lipinski definition) is 1. The van der Waals surface area contributed by atoms with E-state index in [-0.39, 0.29) is 5.56 Å². The lowest BCUT2D eigenvalue weighted by molar-refractivity contribution is 0.0694. The lowest BCUT2D eigenvalue weighted by Crippen LogP contribution is -2.22. The number of aryl methyl sites for hydroxylation is 1. The Morgan fingerprint density at radius 1 is 1.56 bits per heavy atom. The molecule has 0 aliphatic rings. The van der Waals surface area contributed by atoms with Crippen LogP contribution in [0.4, 0.5) is 0 Å². The fraction of sp³-hybridized carbons (Fsp3) is 0.182. The first-order valence-electron chi connectivity index (χ1n) is 4.87. The highest BCUT2D eigenvalue weighted by molar-refractivity contribution is 5.86. The number of nitrogens with zero attached hydrogens (tertiary/aromatic N) is 2. The summed E-state index contributed by atoms with van der Waals surface area (Å²) in [6.45, 7) is 2.00. The minimum Gasteiger partial charge on any atom is -0.477 e. The van der Waals surface area contributed by atoms with E-state index < -0.39 is 11.5 Å². The van der Waals surface area contributed by atoms with Crippen LogP contribution < -0.4 is 5.56 Å². The van der Waals surface area contributed by atoms with E-state index in [4.69, 9.17) is 5.11 Å². The fourth-order valence-electron chi connectivity index (χ4n) is 1.48. The predicted molar refractivity (Wildman–Crippen MR) is 57.8 cm³/mol. The molecule has 5 heteroatoms. The summed E-state index contributed by atoms with van der Waals surface area (Å²) in [5, 5.41) is 8.77. The molecule has 0 spiro atoms. The Hall–Kier alpha value is -2.17. The zero-order valence-electron chi connectivity index (χ0n) is 8.67. The van der Waals surface area contributed by atoms with Gasteiger partial charge in [0, 0.05) is 12.4 Å². The minimum atomic E-state index is -1.26. The predicted octanol–water partition coefficient (Wildman–Crippen LogP) is 0.955. The molecule has 16 heavy (non-hydrogen) atoms. The topological polar surface area (TPSA) is 71.7 Å². The van der Waals surface area contributed by atoms with Crippen molar-refractivity contribution >= 4 is 11.6 Å². The Bertz CT molecular complexity index is 616. The van der Waals surface area contributed by atoms with Crippen molar-refractivity contribution in [3.8, 4) is 0 Å². The largest absolute Gasteiger partial charge is 0.477 e. The summed E-state index contributed by atoms with van der Waals surface area (Å²) in [5.74, 6) is -1.26. The van der Waals surface area contributed by atoms with Crippen LogP contribution in [-0.2, 0) is 6.42 Å². The van der Waals surface area contributed by atoms with E-state index in [9.17, 15) is 9.59 Å². The SMILES string of the molecule is CCc1ccn2c(=O)c(C(=O)O)cnc2c1. The summed E-state index contributed by atoms with van der Waals surface area (Å²) in [7, 11) is 0. The second kappa shape index (κ2) is 3.77. The van der Waals surface area contributed by atoms with Crippen molar-refractivity contribution < 1.29 is 9.90 Å². The van der Waals surface area contributed by atoms with Crippen LogP contribution in [0.2, 0.25) is 0 Å². The van der Waals surface area contributed by atoms with Crippen LogP contribution in [-0.4, -0.2) is 20.5 Å². The molecule has 82 valence electrons. The molecule has 0 radical (unpaired) electrons. The van der Waals surface area contributed by atoms with Crippen LogP contribution in [0.25, 0.3) is 5.65 Å². The minimum absolute atomic E-state index is 0.318. The molecule has 0 atom stereocenters. The van der Waals surface area contributed by atoms with Gasteiger partial charge in [0.05, 0.1) is 0 Å². The molecule has 0 saturated heterocycles. The van der Waals surface area contributed by atoms with Crippen molar-refractivity contribution in [3.05, 3.63) is 46.0 Å². The van der Waals surface area contributed by atoms with Gasteiger partial charge in [0.15, 0.2) is 0 Å². The second-order valence-electron chi connectivity index (χ2n) is 3.40. The van der Waals surface area contributed by atoms with Crippen LogP contribution >= 0.6 is 0 Å². The molecular weight excluding hydrogens is 208 g/mol. The van der Waals surface area contributed by atoms with Crippen molar-refractivity contribution in [1.82, 2.24) is 9.38 Å². The summed E-state index contributed by atoms with van der Waals surface area (Å²) in [6, 6.07) is 3.55. The molecular formula is C11H10N2O3. The average Bonchev–Trinajstić information content (AvgIpc) is 2.28. The molecule has 0 amide bonds. The molecule has 5 nitrogen and oxygen atoms in total. The molecule has 2 aromatic heterocycles. The smallest absolute Gasteiger partial charge is 0.342 e. The zero-order valence-corrected chi connectivity index (χ0v) is 8.67. The third-order valence-corrected chi connectivity index (χ3v) is 2.41. The van der Waals surface area contributed by atoms with Crippen LogP contribution in [0.5, 0.6) is 0 Å². The molecule has 2 heterocycles. The number of carboxylic acids is 1. The summed E-state index contributed by atoms with van der Waals surface area (Å²) in [4.78, 5) is 26.4. The maximum absolute atomic E-state index is 11.7. The van der Waals surface area contributed by atoms with Crippen molar-refractivity contribution in [2.45, 2.75) is 13.3 Å². The van der Waals surface area contributed by atoms with Gasteiger partial charge >= 0.3 is 5.97 Å². The average molecular weight is 218 g/mol.